The average molecular weight is 261 g/mol. The number of aryl methyl sites for hydroxylation is 2. The molecule has 19 heavy (non-hydrogen) atoms. The second-order valence-corrected chi connectivity index (χ2v) is 5.65. The molecular formula is C14H19N3O2. The van der Waals surface area contributed by atoms with Gasteiger partial charge in [-0.3, -0.25) is 9.48 Å². The minimum Gasteiger partial charge on any atom is -0.460 e. The SMILES string of the molecule is Cc1ccc(-c2cc(C(=O)NC(C)(C)C)n(C)n2)o1. The maximum absolute atomic E-state index is 12.1. The fraction of sp³-hybridized carbons (Fsp3) is 0.429. The number of hydrogen-bond acceptors (Lipinski definition) is 3. The Balaban J connectivity index is 2.29. The molecule has 0 aromatic carbocycles. The quantitative estimate of drug-likeness (QED) is 0.903. The number of nitrogens with one attached hydrogen (secondary N) is 1. The molecule has 0 unspecified atom stereocenters. The van der Waals surface area contributed by atoms with Crippen molar-refractivity contribution in [2.75, 3.05) is 0 Å². The van der Waals surface area contributed by atoms with Crippen LogP contribution in [-0.2, 0) is 7.05 Å². The third kappa shape index (κ3) is 3.05. The molecule has 0 aliphatic heterocycles. The summed E-state index contributed by atoms with van der Waals surface area (Å²) in [5.41, 5.74) is 0.900. The predicted octanol–water partition coefficient (Wildman–Crippen LogP) is 2.52. The molecule has 2 rings (SSSR count). The second kappa shape index (κ2) is 4.57. The topological polar surface area (TPSA) is 60.1 Å². The van der Waals surface area contributed by atoms with Crippen LogP contribution in [0.25, 0.3) is 11.5 Å². The normalized spacial score (nSPS) is 11.6. The third-order valence-corrected chi connectivity index (χ3v) is 2.59. The third-order valence-electron chi connectivity index (χ3n) is 2.59. The van der Waals surface area contributed by atoms with Gasteiger partial charge in [0, 0.05) is 18.7 Å². The molecule has 0 saturated carbocycles. The van der Waals surface area contributed by atoms with Gasteiger partial charge in [0.15, 0.2) is 5.76 Å². The minimum atomic E-state index is -0.275. The highest BCUT2D eigenvalue weighted by molar-refractivity contribution is 5.94. The Morgan fingerprint density at radius 1 is 1.37 bits per heavy atom. The number of aromatic nitrogens is 2. The molecule has 2 heterocycles. The summed E-state index contributed by atoms with van der Waals surface area (Å²) in [6, 6.07) is 5.46. The maximum atomic E-state index is 12.1. The Kier molecular flexibility index (Phi) is 3.22. The number of hydrogen-bond donors (Lipinski definition) is 1. The number of carbonyl (C=O) groups is 1. The molecule has 0 bridgehead atoms. The molecule has 0 radical (unpaired) electrons. The van der Waals surface area contributed by atoms with Crippen LogP contribution in [0.4, 0.5) is 0 Å². The van der Waals surface area contributed by atoms with Crippen molar-refractivity contribution in [1.82, 2.24) is 15.1 Å². The van der Waals surface area contributed by atoms with Crippen LogP contribution in [0, 0.1) is 6.92 Å². The summed E-state index contributed by atoms with van der Waals surface area (Å²) in [6.45, 7) is 7.70. The van der Waals surface area contributed by atoms with Crippen molar-refractivity contribution >= 4 is 5.91 Å². The Hall–Kier alpha value is -2.04. The van der Waals surface area contributed by atoms with E-state index in [0.29, 0.717) is 17.1 Å². The van der Waals surface area contributed by atoms with Gasteiger partial charge in [0.05, 0.1) is 0 Å². The van der Waals surface area contributed by atoms with E-state index >= 15 is 0 Å². The summed E-state index contributed by atoms with van der Waals surface area (Å²) < 4.78 is 7.07. The number of amides is 1. The minimum absolute atomic E-state index is 0.142. The highest BCUT2D eigenvalue weighted by atomic mass is 16.3. The lowest BCUT2D eigenvalue weighted by Gasteiger charge is -2.20. The van der Waals surface area contributed by atoms with Crippen LogP contribution < -0.4 is 5.32 Å². The fourth-order valence-corrected chi connectivity index (χ4v) is 1.78. The van der Waals surface area contributed by atoms with Crippen LogP contribution in [0.5, 0.6) is 0 Å². The smallest absolute Gasteiger partial charge is 0.269 e. The number of furan rings is 1. The number of rotatable bonds is 2. The second-order valence-electron chi connectivity index (χ2n) is 5.65. The summed E-state index contributed by atoms with van der Waals surface area (Å²) in [4.78, 5) is 12.1. The van der Waals surface area contributed by atoms with Gasteiger partial charge >= 0.3 is 0 Å². The van der Waals surface area contributed by atoms with E-state index in [0.717, 1.165) is 5.76 Å². The zero-order valence-electron chi connectivity index (χ0n) is 11.9. The van der Waals surface area contributed by atoms with Crippen molar-refractivity contribution in [2.24, 2.45) is 7.05 Å². The first-order valence-electron chi connectivity index (χ1n) is 6.19. The summed E-state index contributed by atoms with van der Waals surface area (Å²) in [5.74, 6) is 1.35. The molecule has 5 heteroatoms. The summed E-state index contributed by atoms with van der Waals surface area (Å²) in [6.07, 6.45) is 0. The number of nitrogens with zero attached hydrogens (tertiary/aromatic N) is 2. The van der Waals surface area contributed by atoms with Crippen molar-refractivity contribution in [1.29, 1.82) is 0 Å². The summed E-state index contributed by atoms with van der Waals surface area (Å²) in [7, 11) is 1.75. The highest BCUT2D eigenvalue weighted by Gasteiger charge is 2.20. The standard InChI is InChI=1S/C14H19N3O2/c1-9-6-7-12(19-9)10-8-11(17(5)16-10)13(18)15-14(2,3)4/h6-8H,1-5H3,(H,15,18). The van der Waals surface area contributed by atoms with Gasteiger partial charge in [-0.15, -0.1) is 0 Å². The molecule has 5 nitrogen and oxygen atoms in total. The van der Waals surface area contributed by atoms with Crippen LogP contribution in [0.1, 0.15) is 37.0 Å². The van der Waals surface area contributed by atoms with E-state index in [1.165, 1.54) is 0 Å². The van der Waals surface area contributed by atoms with E-state index in [2.05, 4.69) is 10.4 Å². The molecule has 1 amide bonds. The first-order valence-corrected chi connectivity index (χ1v) is 6.19. The van der Waals surface area contributed by atoms with Crippen molar-refractivity contribution in [2.45, 2.75) is 33.2 Å². The van der Waals surface area contributed by atoms with Gasteiger partial charge in [0.2, 0.25) is 0 Å². The van der Waals surface area contributed by atoms with E-state index in [-0.39, 0.29) is 11.4 Å². The number of carbonyl (C=O) groups excluding carboxylic acids is 1. The molecule has 2 aromatic rings. The summed E-state index contributed by atoms with van der Waals surface area (Å²) in [5, 5.41) is 7.22. The molecular weight excluding hydrogens is 242 g/mol. The van der Waals surface area contributed by atoms with E-state index < -0.39 is 0 Å². The Bertz CT molecular complexity index is 602. The van der Waals surface area contributed by atoms with Crippen molar-refractivity contribution < 1.29 is 9.21 Å². The maximum Gasteiger partial charge on any atom is 0.269 e. The summed E-state index contributed by atoms with van der Waals surface area (Å²) >= 11 is 0. The van der Waals surface area contributed by atoms with Gasteiger partial charge < -0.3 is 9.73 Å². The van der Waals surface area contributed by atoms with Crippen LogP contribution in [0.15, 0.2) is 22.6 Å². The molecule has 0 atom stereocenters. The van der Waals surface area contributed by atoms with E-state index in [1.807, 2.05) is 39.8 Å². The average Bonchev–Trinajstić information content (AvgIpc) is 2.82. The van der Waals surface area contributed by atoms with Crippen LogP contribution >= 0.6 is 0 Å². The molecule has 102 valence electrons. The van der Waals surface area contributed by atoms with E-state index in [9.17, 15) is 4.79 Å². The van der Waals surface area contributed by atoms with Crippen LogP contribution in [0.2, 0.25) is 0 Å². The van der Waals surface area contributed by atoms with Crippen molar-refractivity contribution in [3.63, 3.8) is 0 Å². The monoisotopic (exact) mass is 261 g/mol. The molecule has 0 aliphatic rings. The van der Waals surface area contributed by atoms with Crippen molar-refractivity contribution in [3.8, 4) is 11.5 Å². The molecule has 0 saturated heterocycles. The van der Waals surface area contributed by atoms with E-state index in [4.69, 9.17) is 4.42 Å². The zero-order valence-corrected chi connectivity index (χ0v) is 11.9. The Morgan fingerprint density at radius 3 is 2.58 bits per heavy atom. The lowest BCUT2D eigenvalue weighted by Crippen LogP contribution is -2.41. The van der Waals surface area contributed by atoms with Gasteiger partial charge in [-0.05, 0) is 39.8 Å². The fourth-order valence-electron chi connectivity index (χ4n) is 1.78. The lowest BCUT2D eigenvalue weighted by atomic mass is 10.1. The van der Waals surface area contributed by atoms with Gasteiger partial charge in [0.1, 0.15) is 17.1 Å². The Labute approximate surface area is 112 Å². The van der Waals surface area contributed by atoms with Crippen molar-refractivity contribution in [3.05, 3.63) is 29.7 Å². The largest absolute Gasteiger partial charge is 0.460 e. The van der Waals surface area contributed by atoms with E-state index in [1.54, 1.807) is 17.8 Å². The predicted molar refractivity (Wildman–Crippen MR) is 72.9 cm³/mol. The first-order chi connectivity index (χ1) is 8.76. The molecule has 0 spiro atoms. The molecule has 0 aliphatic carbocycles. The molecule has 0 fully saturated rings. The first kappa shape index (κ1) is 13.4. The molecule has 2 aromatic heterocycles. The highest BCUT2D eigenvalue weighted by Crippen LogP contribution is 2.21. The van der Waals surface area contributed by atoms with Gasteiger partial charge in [-0.2, -0.15) is 5.10 Å². The van der Waals surface area contributed by atoms with Gasteiger partial charge in [-0.25, -0.2) is 0 Å². The van der Waals surface area contributed by atoms with Gasteiger partial charge in [0.25, 0.3) is 5.91 Å². The molecule has 1 N–H and O–H groups in total. The van der Waals surface area contributed by atoms with Crippen LogP contribution in [0.3, 0.4) is 0 Å². The zero-order chi connectivity index (χ0) is 14.2. The Morgan fingerprint density at radius 2 is 2.05 bits per heavy atom. The van der Waals surface area contributed by atoms with Crippen LogP contribution in [-0.4, -0.2) is 21.2 Å². The van der Waals surface area contributed by atoms with Gasteiger partial charge in [-0.1, -0.05) is 0 Å². The lowest BCUT2D eigenvalue weighted by molar-refractivity contribution is 0.0910.